The summed E-state index contributed by atoms with van der Waals surface area (Å²) in [5.74, 6) is 0.197. The second kappa shape index (κ2) is 5.51. The summed E-state index contributed by atoms with van der Waals surface area (Å²) in [6.07, 6.45) is 3.94. The first-order valence-electron chi connectivity index (χ1n) is 6.99. The van der Waals surface area contributed by atoms with E-state index in [1.165, 1.54) is 12.8 Å². The third-order valence-corrected chi connectivity index (χ3v) is 4.54. The summed E-state index contributed by atoms with van der Waals surface area (Å²) in [5.41, 5.74) is 0.927. The van der Waals surface area contributed by atoms with Crippen molar-refractivity contribution in [3.8, 4) is 0 Å². The van der Waals surface area contributed by atoms with Crippen LogP contribution in [0, 0.1) is 0 Å². The Morgan fingerprint density at radius 2 is 2.05 bits per heavy atom. The van der Waals surface area contributed by atoms with Crippen molar-refractivity contribution in [2.75, 3.05) is 13.1 Å². The third kappa shape index (κ3) is 2.93. The van der Waals surface area contributed by atoms with E-state index in [9.17, 15) is 4.79 Å². The molecule has 1 amide bonds. The highest BCUT2D eigenvalue weighted by atomic mass is 35.5. The quantitative estimate of drug-likeness (QED) is 0.900. The minimum atomic E-state index is 0.197. The van der Waals surface area contributed by atoms with Crippen LogP contribution in [0.2, 0.25) is 5.02 Å². The van der Waals surface area contributed by atoms with Gasteiger partial charge in [-0.15, -0.1) is 0 Å². The topological polar surface area (TPSA) is 32.3 Å². The van der Waals surface area contributed by atoms with Crippen molar-refractivity contribution < 1.29 is 4.79 Å². The first-order valence-corrected chi connectivity index (χ1v) is 7.37. The minimum Gasteiger partial charge on any atom is -0.341 e. The van der Waals surface area contributed by atoms with E-state index in [-0.39, 0.29) is 5.91 Å². The average molecular weight is 279 g/mol. The maximum absolute atomic E-state index is 12.4. The lowest BCUT2D eigenvalue weighted by atomic mass is 10.1. The molecule has 2 aliphatic heterocycles. The molecule has 2 aliphatic rings. The Hall–Kier alpha value is -1.06. The standard InChI is InChI=1S/C15H19ClN2O/c16-14-4-2-1-3-11(14)9-15(19)18-8-7-12-5-6-13(10-18)17-12/h1-4,12-13,17H,5-10H2. The minimum absolute atomic E-state index is 0.197. The number of benzene rings is 1. The molecule has 3 nitrogen and oxygen atoms in total. The molecule has 1 N–H and O–H groups in total. The van der Waals surface area contributed by atoms with Gasteiger partial charge in [-0.3, -0.25) is 4.79 Å². The molecule has 102 valence electrons. The second-order valence-corrected chi connectivity index (χ2v) is 5.94. The summed E-state index contributed by atoms with van der Waals surface area (Å²) in [6, 6.07) is 8.70. The largest absolute Gasteiger partial charge is 0.341 e. The summed E-state index contributed by atoms with van der Waals surface area (Å²) in [6.45, 7) is 1.72. The lowest BCUT2D eigenvalue weighted by molar-refractivity contribution is -0.130. The Labute approximate surface area is 118 Å². The first kappa shape index (κ1) is 12.9. The molecule has 19 heavy (non-hydrogen) atoms. The number of rotatable bonds is 2. The van der Waals surface area contributed by atoms with Crippen LogP contribution in [0.25, 0.3) is 0 Å². The van der Waals surface area contributed by atoms with E-state index in [1.807, 2.05) is 29.2 Å². The van der Waals surface area contributed by atoms with Crippen molar-refractivity contribution in [2.24, 2.45) is 0 Å². The second-order valence-electron chi connectivity index (χ2n) is 5.53. The molecule has 2 unspecified atom stereocenters. The van der Waals surface area contributed by atoms with Gasteiger partial charge in [-0.25, -0.2) is 0 Å². The number of halogens is 1. The van der Waals surface area contributed by atoms with Crippen LogP contribution < -0.4 is 5.32 Å². The average Bonchev–Trinajstić information content (AvgIpc) is 2.71. The van der Waals surface area contributed by atoms with Gasteiger partial charge in [-0.05, 0) is 30.9 Å². The Bertz CT molecular complexity index is 477. The fraction of sp³-hybridized carbons (Fsp3) is 0.533. The van der Waals surface area contributed by atoms with Crippen molar-refractivity contribution >= 4 is 17.5 Å². The van der Waals surface area contributed by atoms with E-state index < -0.39 is 0 Å². The van der Waals surface area contributed by atoms with Crippen molar-refractivity contribution in [1.29, 1.82) is 0 Å². The van der Waals surface area contributed by atoms with Crippen LogP contribution in [0.5, 0.6) is 0 Å². The van der Waals surface area contributed by atoms with Gasteiger partial charge in [-0.2, -0.15) is 0 Å². The van der Waals surface area contributed by atoms with Gasteiger partial charge < -0.3 is 10.2 Å². The summed E-state index contributed by atoms with van der Waals surface area (Å²) >= 11 is 6.12. The number of fused-ring (bicyclic) bond motifs is 2. The molecule has 0 aromatic heterocycles. The number of hydrogen-bond acceptors (Lipinski definition) is 2. The predicted molar refractivity (Wildman–Crippen MR) is 76.3 cm³/mol. The van der Waals surface area contributed by atoms with Crippen LogP contribution >= 0.6 is 11.6 Å². The SMILES string of the molecule is O=C(Cc1ccccc1Cl)N1CCC2CCC(C1)N2. The molecule has 1 aromatic carbocycles. The first-order chi connectivity index (χ1) is 9.22. The molecule has 1 aromatic rings. The maximum atomic E-state index is 12.4. The Morgan fingerprint density at radius 1 is 1.26 bits per heavy atom. The Balaban J connectivity index is 1.66. The number of carbonyl (C=O) groups excluding carboxylic acids is 1. The fourth-order valence-corrected chi connectivity index (χ4v) is 3.29. The zero-order chi connectivity index (χ0) is 13.2. The van der Waals surface area contributed by atoms with Gasteiger partial charge in [0.2, 0.25) is 5.91 Å². The van der Waals surface area contributed by atoms with Gasteiger partial charge in [-0.1, -0.05) is 29.8 Å². The smallest absolute Gasteiger partial charge is 0.227 e. The molecule has 3 rings (SSSR count). The molecule has 2 saturated heterocycles. The summed E-state index contributed by atoms with van der Waals surface area (Å²) < 4.78 is 0. The molecule has 0 saturated carbocycles. The van der Waals surface area contributed by atoms with Gasteiger partial charge >= 0.3 is 0 Å². The number of amides is 1. The summed E-state index contributed by atoms with van der Waals surface area (Å²) in [4.78, 5) is 14.4. The number of likely N-dealkylation sites (tertiary alicyclic amines) is 1. The molecule has 4 heteroatoms. The monoisotopic (exact) mass is 278 g/mol. The van der Waals surface area contributed by atoms with Crippen LogP contribution in [-0.2, 0) is 11.2 Å². The van der Waals surface area contributed by atoms with Crippen LogP contribution in [0.1, 0.15) is 24.8 Å². The zero-order valence-electron chi connectivity index (χ0n) is 10.9. The Kier molecular flexibility index (Phi) is 3.76. The molecule has 0 radical (unpaired) electrons. The predicted octanol–water partition coefficient (Wildman–Crippen LogP) is 2.24. The highest BCUT2D eigenvalue weighted by Crippen LogP contribution is 2.22. The van der Waals surface area contributed by atoms with Crippen molar-refractivity contribution in [3.05, 3.63) is 34.9 Å². The number of hydrogen-bond donors (Lipinski definition) is 1. The molecular weight excluding hydrogens is 260 g/mol. The molecule has 2 fully saturated rings. The lowest BCUT2D eigenvalue weighted by Crippen LogP contribution is -2.39. The lowest BCUT2D eigenvalue weighted by Gasteiger charge is -2.24. The van der Waals surface area contributed by atoms with E-state index in [0.717, 1.165) is 25.1 Å². The van der Waals surface area contributed by atoms with Crippen LogP contribution in [0.15, 0.2) is 24.3 Å². The molecular formula is C15H19ClN2O. The molecule has 2 heterocycles. The normalized spacial score (nSPS) is 26.3. The van der Waals surface area contributed by atoms with E-state index in [1.54, 1.807) is 0 Å². The molecule has 0 aliphatic carbocycles. The highest BCUT2D eigenvalue weighted by molar-refractivity contribution is 6.31. The van der Waals surface area contributed by atoms with E-state index in [2.05, 4.69) is 5.32 Å². The van der Waals surface area contributed by atoms with Gasteiger partial charge in [0.05, 0.1) is 6.42 Å². The molecule has 0 spiro atoms. The van der Waals surface area contributed by atoms with Crippen molar-refractivity contribution in [3.63, 3.8) is 0 Å². The van der Waals surface area contributed by atoms with E-state index >= 15 is 0 Å². The number of nitrogens with zero attached hydrogens (tertiary/aromatic N) is 1. The zero-order valence-corrected chi connectivity index (χ0v) is 11.7. The van der Waals surface area contributed by atoms with Crippen LogP contribution in [0.4, 0.5) is 0 Å². The van der Waals surface area contributed by atoms with Gasteiger partial charge in [0.25, 0.3) is 0 Å². The van der Waals surface area contributed by atoms with E-state index in [0.29, 0.717) is 23.5 Å². The maximum Gasteiger partial charge on any atom is 0.227 e. The summed E-state index contributed by atoms with van der Waals surface area (Å²) in [7, 11) is 0. The molecule has 2 bridgehead atoms. The summed E-state index contributed by atoms with van der Waals surface area (Å²) in [5, 5.41) is 4.28. The van der Waals surface area contributed by atoms with E-state index in [4.69, 9.17) is 11.6 Å². The van der Waals surface area contributed by atoms with Gasteiger partial charge in [0, 0.05) is 30.2 Å². The van der Waals surface area contributed by atoms with Gasteiger partial charge in [0.15, 0.2) is 0 Å². The van der Waals surface area contributed by atoms with Crippen LogP contribution in [-0.4, -0.2) is 36.0 Å². The van der Waals surface area contributed by atoms with Crippen LogP contribution in [0.3, 0.4) is 0 Å². The fourth-order valence-electron chi connectivity index (χ4n) is 3.09. The van der Waals surface area contributed by atoms with Gasteiger partial charge in [0.1, 0.15) is 0 Å². The van der Waals surface area contributed by atoms with Crippen molar-refractivity contribution in [2.45, 2.75) is 37.8 Å². The molecule has 2 atom stereocenters. The number of carbonyl (C=O) groups is 1. The third-order valence-electron chi connectivity index (χ3n) is 4.18. The van der Waals surface area contributed by atoms with Crippen molar-refractivity contribution in [1.82, 2.24) is 10.2 Å². The Morgan fingerprint density at radius 3 is 2.89 bits per heavy atom. The highest BCUT2D eigenvalue weighted by Gasteiger charge is 2.31. The number of nitrogens with one attached hydrogen (secondary N) is 1.